The first-order valence-electron chi connectivity index (χ1n) is 10.9. The molecule has 1 amide bonds. The second-order valence-corrected chi connectivity index (χ2v) is 7.88. The van der Waals surface area contributed by atoms with Crippen molar-refractivity contribution in [2.45, 2.75) is 19.3 Å². The van der Waals surface area contributed by atoms with Gasteiger partial charge in [0.25, 0.3) is 5.91 Å². The first-order chi connectivity index (χ1) is 15.7. The standard InChI is InChI=1S/C25H28N2O5/c1-29-21-6-2-18(3-7-21)14-23-15-24(27-32-23)20-4-8-22(9-5-20)31-17-25(28)26-16-19-10-12-30-13-11-19/h2-9,15,19H,10-14,16-17H2,1H3,(H,26,28). The maximum absolute atomic E-state index is 12.0. The molecule has 0 aliphatic carbocycles. The van der Waals surface area contributed by atoms with Gasteiger partial charge in [0.05, 0.1) is 7.11 Å². The van der Waals surface area contributed by atoms with E-state index in [4.69, 9.17) is 18.7 Å². The summed E-state index contributed by atoms with van der Waals surface area (Å²) in [7, 11) is 1.65. The van der Waals surface area contributed by atoms with Crippen LogP contribution in [0.5, 0.6) is 11.5 Å². The highest BCUT2D eigenvalue weighted by Crippen LogP contribution is 2.24. The molecule has 168 valence electrons. The lowest BCUT2D eigenvalue weighted by atomic mass is 10.0. The van der Waals surface area contributed by atoms with Crippen LogP contribution in [-0.4, -0.2) is 44.5 Å². The highest BCUT2D eigenvalue weighted by atomic mass is 16.5. The molecule has 1 fully saturated rings. The second kappa shape index (κ2) is 10.8. The third-order valence-electron chi connectivity index (χ3n) is 5.55. The van der Waals surface area contributed by atoms with E-state index in [0.29, 0.717) is 24.6 Å². The lowest BCUT2D eigenvalue weighted by Gasteiger charge is -2.22. The molecule has 0 unspecified atom stereocenters. The molecule has 0 atom stereocenters. The average Bonchev–Trinajstić information content (AvgIpc) is 3.31. The minimum absolute atomic E-state index is 0.00145. The molecule has 1 saturated heterocycles. The highest BCUT2D eigenvalue weighted by Gasteiger charge is 2.15. The van der Waals surface area contributed by atoms with E-state index in [-0.39, 0.29) is 12.5 Å². The molecule has 2 aromatic carbocycles. The number of benzene rings is 2. The van der Waals surface area contributed by atoms with Gasteiger partial charge in [-0.2, -0.15) is 0 Å². The van der Waals surface area contributed by atoms with Crippen LogP contribution in [0.1, 0.15) is 24.2 Å². The third kappa shape index (κ3) is 6.11. The van der Waals surface area contributed by atoms with Gasteiger partial charge in [0.2, 0.25) is 0 Å². The number of rotatable bonds is 9. The summed E-state index contributed by atoms with van der Waals surface area (Å²) in [6.45, 7) is 2.23. The van der Waals surface area contributed by atoms with Crippen LogP contribution in [0.2, 0.25) is 0 Å². The van der Waals surface area contributed by atoms with Gasteiger partial charge in [0, 0.05) is 37.8 Å². The van der Waals surface area contributed by atoms with E-state index < -0.39 is 0 Å². The Balaban J connectivity index is 1.25. The molecule has 3 aromatic rings. The molecule has 0 radical (unpaired) electrons. The number of carbonyl (C=O) groups excluding carboxylic acids is 1. The maximum Gasteiger partial charge on any atom is 0.257 e. The Hall–Kier alpha value is -3.32. The van der Waals surface area contributed by atoms with Crippen LogP contribution in [0, 0.1) is 5.92 Å². The van der Waals surface area contributed by atoms with E-state index in [1.807, 2.05) is 54.6 Å². The lowest BCUT2D eigenvalue weighted by Crippen LogP contribution is -2.35. The Morgan fingerprint density at radius 2 is 1.78 bits per heavy atom. The monoisotopic (exact) mass is 436 g/mol. The summed E-state index contributed by atoms with van der Waals surface area (Å²) >= 11 is 0. The molecule has 32 heavy (non-hydrogen) atoms. The zero-order chi connectivity index (χ0) is 22.2. The van der Waals surface area contributed by atoms with Crippen molar-refractivity contribution in [2.24, 2.45) is 5.92 Å². The van der Waals surface area contributed by atoms with E-state index in [9.17, 15) is 4.79 Å². The fourth-order valence-corrected chi connectivity index (χ4v) is 3.61. The van der Waals surface area contributed by atoms with Gasteiger partial charge in [-0.25, -0.2) is 0 Å². The number of nitrogens with zero attached hydrogens (tertiary/aromatic N) is 1. The first-order valence-corrected chi connectivity index (χ1v) is 10.9. The number of ether oxygens (including phenoxy) is 3. The van der Waals surface area contributed by atoms with Crippen molar-refractivity contribution in [3.05, 3.63) is 65.9 Å². The molecule has 0 bridgehead atoms. The number of aromatic nitrogens is 1. The molecule has 1 aliphatic heterocycles. The summed E-state index contributed by atoms with van der Waals surface area (Å²) in [5.41, 5.74) is 2.80. The first kappa shape index (κ1) is 21.9. The Morgan fingerprint density at radius 1 is 1.06 bits per heavy atom. The van der Waals surface area contributed by atoms with Crippen molar-refractivity contribution < 1.29 is 23.5 Å². The zero-order valence-electron chi connectivity index (χ0n) is 18.2. The van der Waals surface area contributed by atoms with Crippen LogP contribution >= 0.6 is 0 Å². The van der Waals surface area contributed by atoms with Gasteiger partial charge in [-0.1, -0.05) is 17.3 Å². The van der Waals surface area contributed by atoms with Gasteiger partial charge in [-0.3, -0.25) is 4.79 Å². The summed E-state index contributed by atoms with van der Waals surface area (Å²) in [5.74, 6) is 2.62. The molecule has 1 N–H and O–H groups in total. The number of hydrogen-bond donors (Lipinski definition) is 1. The van der Waals surface area contributed by atoms with Crippen molar-refractivity contribution in [2.75, 3.05) is 33.5 Å². The molecule has 7 nitrogen and oxygen atoms in total. The van der Waals surface area contributed by atoms with Crippen LogP contribution in [0.3, 0.4) is 0 Å². The molecule has 0 spiro atoms. The second-order valence-electron chi connectivity index (χ2n) is 7.88. The van der Waals surface area contributed by atoms with Gasteiger partial charge in [-0.05, 0) is 60.7 Å². The van der Waals surface area contributed by atoms with Crippen LogP contribution in [-0.2, 0) is 16.0 Å². The zero-order valence-corrected chi connectivity index (χ0v) is 18.2. The van der Waals surface area contributed by atoms with Gasteiger partial charge in [0.1, 0.15) is 23.0 Å². The normalized spacial score (nSPS) is 14.2. The van der Waals surface area contributed by atoms with E-state index >= 15 is 0 Å². The van der Waals surface area contributed by atoms with Crippen molar-refractivity contribution in [1.29, 1.82) is 0 Å². The van der Waals surface area contributed by atoms with E-state index in [1.54, 1.807) is 7.11 Å². The summed E-state index contributed by atoms with van der Waals surface area (Å²) in [6.07, 6.45) is 2.64. The Labute approximate surface area is 187 Å². The lowest BCUT2D eigenvalue weighted by molar-refractivity contribution is -0.123. The summed E-state index contributed by atoms with van der Waals surface area (Å²) < 4.78 is 21.6. The predicted molar refractivity (Wildman–Crippen MR) is 120 cm³/mol. The van der Waals surface area contributed by atoms with Crippen molar-refractivity contribution in [3.63, 3.8) is 0 Å². The summed E-state index contributed by atoms with van der Waals surface area (Å²) in [6, 6.07) is 17.3. The average molecular weight is 437 g/mol. The smallest absolute Gasteiger partial charge is 0.257 e. The molecule has 0 saturated carbocycles. The number of carbonyl (C=O) groups is 1. The Kier molecular flexibility index (Phi) is 7.40. The fraction of sp³-hybridized carbons (Fsp3) is 0.360. The molecule has 1 aliphatic rings. The van der Waals surface area contributed by atoms with Crippen LogP contribution < -0.4 is 14.8 Å². The van der Waals surface area contributed by atoms with Crippen LogP contribution in [0.25, 0.3) is 11.3 Å². The number of hydrogen-bond acceptors (Lipinski definition) is 6. The highest BCUT2D eigenvalue weighted by molar-refractivity contribution is 5.77. The molecule has 4 rings (SSSR count). The number of methoxy groups -OCH3 is 1. The minimum Gasteiger partial charge on any atom is -0.497 e. The van der Waals surface area contributed by atoms with Crippen molar-refractivity contribution in [1.82, 2.24) is 10.5 Å². The summed E-state index contributed by atoms with van der Waals surface area (Å²) in [4.78, 5) is 12.0. The van der Waals surface area contributed by atoms with Crippen LogP contribution in [0.4, 0.5) is 0 Å². The van der Waals surface area contributed by atoms with E-state index in [0.717, 1.165) is 54.4 Å². The summed E-state index contributed by atoms with van der Waals surface area (Å²) in [5, 5.41) is 7.12. The number of nitrogens with one attached hydrogen (secondary N) is 1. The predicted octanol–water partition coefficient (Wildman–Crippen LogP) is 3.86. The fourth-order valence-electron chi connectivity index (χ4n) is 3.61. The van der Waals surface area contributed by atoms with Crippen molar-refractivity contribution in [3.8, 4) is 22.8 Å². The van der Waals surface area contributed by atoms with Gasteiger partial charge in [0.15, 0.2) is 6.61 Å². The molecule has 2 heterocycles. The maximum atomic E-state index is 12.0. The molecule has 1 aromatic heterocycles. The largest absolute Gasteiger partial charge is 0.497 e. The van der Waals surface area contributed by atoms with E-state index in [1.165, 1.54) is 0 Å². The van der Waals surface area contributed by atoms with E-state index in [2.05, 4.69) is 10.5 Å². The Bertz CT molecular complexity index is 992. The number of amides is 1. The molecule has 7 heteroatoms. The molecular formula is C25H28N2O5. The van der Waals surface area contributed by atoms with Crippen LogP contribution in [0.15, 0.2) is 59.1 Å². The molecular weight excluding hydrogens is 408 g/mol. The van der Waals surface area contributed by atoms with Crippen molar-refractivity contribution >= 4 is 5.91 Å². The SMILES string of the molecule is COc1ccc(Cc2cc(-c3ccc(OCC(=O)NCC4CCOCC4)cc3)no2)cc1. The van der Waals surface area contributed by atoms with Gasteiger partial charge in [-0.15, -0.1) is 0 Å². The Morgan fingerprint density at radius 3 is 2.50 bits per heavy atom. The van der Waals surface area contributed by atoms with Gasteiger partial charge < -0.3 is 24.1 Å². The minimum atomic E-state index is -0.111. The topological polar surface area (TPSA) is 82.8 Å². The quantitative estimate of drug-likeness (QED) is 0.548. The third-order valence-corrected chi connectivity index (χ3v) is 5.55. The van der Waals surface area contributed by atoms with Gasteiger partial charge >= 0.3 is 0 Å².